The van der Waals surface area contributed by atoms with Crippen molar-refractivity contribution >= 4 is 11.9 Å². The third kappa shape index (κ3) is 2.48. The lowest BCUT2D eigenvalue weighted by Crippen LogP contribution is -2.40. The van der Waals surface area contributed by atoms with Gasteiger partial charge in [0.05, 0.1) is 13.2 Å². The maximum Gasteiger partial charge on any atom is 0.314 e. The number of amides is 1. The highest BCUT2D eigenvalue weighted by atomic mass is 16.5. The van der Waals surface area contributed by atoms with E-state index < -0.39 is 17.0 Å². The number of hydrogen-bond acceptors (Lipinski definition) is 5. The number of likely N-dealkylation sites (tertiary alicyclic amines) is 1. The highest BCUT2D eigenvalue weighted by Crippen LogP contribution is 2.42. The molecule has 0 unspecified atom stereocenters. The summed E-state index contributed by atoms with van der Waals surface area (Å²) in [5, 5.41) is 17.5. The monoisotopic (exact) mass is 305 g/mol. The van der Waals surface area contributed by atoms with Gasteiger partial charge in [-0.05, 0) is 0 Å². The van der Waals surface area contributed by atoms with Gasteiger partial charge >= 0.3 is 5.97 Å². The molecule has 0 saturated carbocycles. The SMILES string of the molecule is C#CCCC1(CCC(=O)N2C[C@@H]3COC[C@]3(C(=O)O)C2)N=N1. The van der Waals surface area contributed by atoms with E-state index in [-0.39, 0.29) is 25.0 Å². The number of ether oxygens (including phenoxy) is 1. The molecule has 0 aromatic rings. The summed E-state index contributed by atoms with van der Waals surface area (Å²) in [5.41, 5.74) is -1.39. The van der Waals surface area contributed by atoms with E-state index in [1.54, 1.807) is 4.90 Å². The summed E-state index contributed by atoms with van der Waals surface area (Å²) >= 11 is 0. The minimum Gasteiger partial charge on any atom is -0.481 e. The fourth-order valence-corrected chi connectivity index (χ4v) is 3.36. The lowest BCUT2D eigenvalue weighted by Gasteiger charge is -2.22. The van der Waals surface area contributed by atoms with Crippen molar-refractivity contribution in [1.82, 2.24) is 4.90 Å². The quantitative estimate of drug-likeness (QED) is 0.738. The smallest absolute Gasteiger partial charge is 0.314 e. The molecule has 0 aromatic carbocycles. The summed E-state index contributed by atoms with van der Waals surface area (Å²) in [6.07, 6.45) is 7.37. The molecule has 2 atom stereocenters. The average molecular weight is 305 g/mol. The molecular weight excluding hydrogens is 286 g/mol. The van der Waals surface area contributed by atoms with Gasteiger partial charge in [0.15, 0.2) is 5.66 Å². The number of carbonyl (C=O) groups excluding carboxylic acids is 1. The summed E-state index contributed by atoms with van der Waals surface area (Å²) in [4.78, 5) is 25.6. The molecule has 0 bridgehead atoms. The Morgan fingerprint density at radius 1 is 1.41 bits per heavy atom. The van der Waals surface area contributed by atoms with Crippen LogP contribution in [0, 0.1) is 23.7 Å². The van der Waals surface area contributed by atoms with E-state index in [1.807, 2.05) is 0 Å². The fraction of sp³-hybridized carbons (Fsp3) is 0.733. The molecule has 2 saturated heterocycles. The number of carbonyl (C=O) groups is 2. The average Bonchev–Trinajstić information content (AvgIpc) is 2.97. The van der Waals surface area contributed by atoms with E-state index in [2.05, 4.69) is 16.1 Å². The Hall–Kier alpha value is -1.94. The fourth-order valence-electron chi connectivity index (χ4n) is 3.36. The molecule has 0 radical (unpaired) electrons. The first-order chi connectivity index (χ1) is 10.5. The van der Waals surface area contributed by atoms with Crippen molar-refractivity contribution in [3.63, 3.8) is 0 Å². The Bertz CT molecular complexity index is 562. The second-order valence-corrected chi connectivity index (χ2v) is 6.33. The minimum atomic E-state index is -0.925. The summed E-state index contributed by atoms with van der Waals surface area (Å²) in [6.45, 7) is 1.29. The second-order valence-electron chi connectivity index (χ2n) is 6.33. The molecule has 7 heteroatoms. The van der Waals surface area contributed by atoms with Gasteiger partial charge in [-0.15, -0.1) is 12.3 Å². The molecule has 118 valence electrons. The van der Waals surface area contributed by atoms with Crippen LogP contribution in [0.4, 0.5) is 0 Å². The van der Waals surface area contributed by atoms with Crippen molar-refractivity contribution in [3.8, 4) is 12.3 Å². The number of carboxylic acids is 1. The second kappa shape index (κ2) is 5.36. The molecule has 3 aliphatic rings. The van der Waals surface area contributed by atoms with Crippen LogP contribution in [0.15, 0.2) is 10.2 Å². The molecule has 0 aromatic heterocycles. The van der Waals surface area contributed by atoms with Crippen molar-refractivity contribution in [2.75, 3.05) is 26.3 Å². The zero-order valence-corrected chi connectivity index (χ0v) is 12.3. The minimum absolute atomic E-state index is 0.0348. The first-order valence-corrected chi connectivity index (χ1v) is 7.48. The highest BCUT2D eigenvalue weighted by Gasteiger charge is 2.57. The molecule has 1 N–H and O–H groups in total. The number of terminal acetylenes is 1. The van der Waals surface area contributed by atoms with Gasteiger partial charge in [-0.1, -0.05) is 0 Å². The zero-order valence-electron chi connectivity index (χ0n) is 12.3. The first kappa shape index (κ1) is 15.0. The summed E-state index contributed by atoms with van der Waals surface area (Å²) in [6, 6.07) is 0. The van der Waals surface area contributed by atoms with Gasteiger partial charge in [0.2, 0.25) is 5.91 Å². The number of hydrogen-bond donors (Lipinski definition) is 1. The highest BCUT2D eigenvalue weighted by molar-refractivity contribution is 5.81. The summed E-state index contributed by atoms with van der Waals surface area (Å²) < 4.78 is 5.31. The molecule has 3 aliphatic heterocycles. The Balaban J connectivity index is 1.54. The number of rotatable bonds is 6. The van der Waals surface area contributed by atoms with Crippen LogP contribution in [0.5, 0.6) is 0 Å². The first-order valence-electron chi connectivity index (χ1n) is 7.48. The molecule has 3 heterocycles. The van der Waals surface area contributed by atoms with Crippen LogP contribution in [-0.4, -0.2) is 53.8 Å². The molecule has 7 nitrogen and oxygen atoms in total. The number of carboxylic acid groups (broad SMARTS) is 1. The van der Waals surface area contributed by atoms with Crippen molar-refractivity contribution in [2.45, 2.75) is 31.3 Å². The maximum absolute atomic E-state index is 12.4. The van der Waals surface area contributed by atoms with Crippen molar-refractivity contribution in [1.29, 1.82) is 0 Å². The molecule has 3 rings (SSSR count). The van der Waals surface area contributed by atoms with Crippen LogP contribution in [-0.2, 0) is 14.3 Å². The van der Waals surface area contributed by atoms with Crippen LogP contribution in [0.1, 0.15) is 25.7 Å². The molecular formula is C15H19N3O4. The third-order valence-electron chi connectivity index (χ3n) is 4.94. The normalized spacial score (nSPS) is 30.9. The van der Waals surface area contributed by atoms with Gasteiger partial charge in [0.1, 0.15) is 5.41 Å². The zero-order chi connectivity index (χ0) is 15.8. The maximum atomic E-state index is 12.4. The van der Waals surface area contributed by atoms with Gasteiger partial charge in [0, 0.05) is 44.7 Å². The van der Waals surface area contributed by atoms with Gasteiger partial charge in [-0.2, -0.15) is 10.2 Å². The van der Waals surface area contributed by atoms with E-state index in [1.165, 1.54) is 0 Å². The Labute approximate surface area is 128 Å². The largest absolute Gasteiger partial charge is 0.481 e. The van der Waals surface area contributed by atoms with Crippen molar-refractivity contribution < 1.29 is 19.4 Å². The van der Waals surface area contributed by atoms with Gasteiger partial charge in [0.25, 0.3) is 0 Å². The summed E-state index contributed by atoms with van der Waals surface area (Å²) in [5.74, 6) is 1.54. The molecule has 2 fully saturated rings. The predicted octanol–water partition coefficient (Wildman–Crippen LogP) is 0.902. The van der Waals surface area contributed by atoms with Crippen LogP contribution in [0.25, 0.3) is 0 Å². The van der Waals surface area contributed by atoms with E-state index in [0.717, 1.165) is 0 Å². The standard InChI is InChI=1S/C15H19N3O4/c1-2-3-5-15(16-17-15)6-4-12(19)18-7-11-8-22-10-14(11,9-18)13(20)21/h1,11H,3-10H2,(H,20,21)/t11-,14-/m1/s1. The Morgan fingerprint density at radius 2 is 2.18 bits per heavy atom. The molecule has 22 heavy (non-hydrogen) atoms. The van der Waals surface area contributed by atoms with Crippen LogP contribution in [0.3, 0.4) is 0 Å². The van der Waals surface area contributed by atoms with Crippen molar-refractivity contribution in [2.24, 2.45) is 21.6 Å². The predicted molar refractivity (Wildman–Crippen MR) is 75.8 cm³/mol. The Morgan fingerprint density at radius 3 is 2.77 bits per heavy atom. The number of fused-ring (bicyclic) bond motifs is 1. The lowest BCUT2D eigenvalue weighted by atomic mass is 9.81. The Kier molecular flexibility index (Phi) is 3.65. The van der Waals surface area contributed by atoms with Crippen LogP contribution >= 0.6 is 0 Å². The van der Waals surface area contributed by atoms with Gasteiger partial charge in [-0.25, -0.2) is 0 Å². The van der Waals surface area contributed by atoms with Crippen LogP contribution in [0.2, 0.25) is 0 Å². The van der Waals surface area contributed by atoms with Crippen molar-refractivity contribution in [3.05, 3.63) is 0 Å². The van der Waals surface area contributed by atoms with E-state index in [9.17, 15) is 14.7 Å². The topological polar surface area (TPSA) is 91.6 Å². The molecule has 0 spiro atoms. The van der Waals surface area contributed by atoms with E-state index in [0.29, 0.717) is 38.8 Å². The van der Waals surface area contributed by atoms with Gasteiger partial charge < -0.3 is 14.7 Å². The van der Waals surface area contributed by atoms with E-state index in [4.69, 9.17) is 11.2 Å². The summed E-state index contributed by atoms with van der Waals surface area (Å²) in [7, 11) is 0. The lowest BCUT2D eigenvalue weighted by molar-refractivity contribution is -0.149. The van der Waals surface area contributed by atoms with E-state index >= 15 is 0 Å². The third-order valence-corrected chi connectivity index (χ3v) is 4.94. The number of nitrogens with zero attached hydrogens (tertiary/aromatic N) is 3. The van der Waals surface area contributed by atoms with Crippen LogP contribution < -0.4 is 0 Å². The number of aliphatic carboxylic acids is 1. The molecule has 1 amide bonds. The van der Waals surface area contributed by atoms with Gasteiger partial charge in [-0.3, -0.25) is 9.59 Å². The molecule has 0 aliphatic carbocycles.